The molecule has 0 bridgehead atoms. The molecule has 1 aliphatic heterocycles. The van der Waals surface area contributed by atoms with Crippen molar-refractivity contribution in [3.05, 3.63) is 23.8 Å². The van der Waals surface area contributed by atoms with E-state index in [1.807, 2.05) is 19.1 Å². The SMILES string of the molecule is COC1CNC(C(=O)Nc2nc3ccc(C)cc3s2)C1. The van der Waals surface area contributed by atoms with Crippen LogP contribution >= 0.6 is 11.3 Å². The Bertz CT molecular complexity index is 640. The number of carbonyl (C=O) groups excluding carboxylic acids is 1. The van der Waals surface area contributed by atoms with Gasteiger partial charge in [-0.2, -0.15) is 0 Å². The monoisotopic (exact) mass is 291 g/mol. The highest BCUT2D eigenvalue weighted by atomic mass is 32.1. The van der Waals surface area contributed by atoms with Crippen molar-refractivity contribution in [2.75, 3.05) is 19.0 Å². The van der Waals surface area contributed by atoms with E-state index in [0.29, 0.717) is 18.1 Å². The summed E-state index contributed by atoms with van der Waals surface area (Å²) in [6, 6.07) is 5.88. The van der Waals surface area contributed by atoms with Crippen LogP contribution in [-0.4, -0.2) is 36.7 Å². The maximum atomic E-state index is 12.2. The van der Waals surface area contributed by atoms with Crippen LogP contribution in [0.4, 0.5) is 5.13 Å². The molecule has 0 saturated carbocycles. The predicted molar refractivity (Wildman–Crippen MR) is 80.2 cm³/mol. The van der Waals surface area contributed by atoms with E-state index >= 15 is 0 Å². The van der Waals surface area contributed by atoms with Crippen molar-refractivity contribution in [2.24, 2.45) is 0 Å². The maximum absolute atomic E-state index is 12.2. The zero-order valence-corrected chi connectivity index (χ0v) is 12.3. The largest absolute Gasteiger partial charge is 0.380 e. The Kier molecular flexibility index (Phi) is 3.69. The van der Waals surface area contributed by atoms with Crippen LogP contribution < -0.4 is 10.6 Å². The van der Waals surface area contributed by atoms with Crippen molar-refractivity contribution >= 4 is 32.6 Å². The van der Waals surface area contributed by atoms with Gasteiger partial charge in [0.1, 0.15) is 0 Å². The van der Waals surface area contributed by atoms with Crippen molar-refractivity contribution in [2.45, 2.75) is 25.5 Å². The number of hydrogen-bond donors (Lipinski definition) is 2. The maximum Gasteiger partial charge on any atom is 0.243 e. The van der Waals surface area contributed by atoms with E-state index in [1.54, 1.807) is 7.11 Å². The average molecular weight is 291 g/mol. The molecule has 1 aromatic carbocycles. The average Bonchev–Trinajstić information content (AvgIpc) is 3.03. The second-order valence-electron chi connectivity index (χ2n) is 5.03. The zero-order valence-electron chi connectivity index (χ0n) is 11.5. The topological polar surface area (TPSA) is 63.2 Å². The van der Waals surface area contributed by atoms with Gasteiger partial charge in [-0.15, -0.1) is 0 Å². The minimum absolute atomic E-state index is 0.0414. The first kappa shape index (κ1) is 13.5. The Balaban J connectivity index is 1.71. The second-order valence-corrected chi connectivity index (χ2v) is 6.06. The van der Waals surface area contributed by atoms with Gasteiger partial charge in [0.2, 0.25) is 5.91 Å². The summed E-state index contributed by atoms with van der Waals surface area (Å²) in [5.41, 5.74) is 2.12. The van der Waals surface area contributed by atoms with Crippen LogP contribution in [0.1, 0.15) is 12.0 Å². The van der Waals surface area contributed by atoms with Gasteiger partial charge in [0.25, 0.3) is 0 Å². The van der Waals surface area contributed by atoms with Crippen LogP contribution in [0.2, 0.25) is 0 Å². The Hall–Kier alpha value is -1.50. The molecule has 1 fully saturated rings. The third-order valence-electron chi connectivity index (χ3n) is 3.51. The molecule has 5 nitrogen and oxygen atoms in total. The molecule has 106 valence electrons. The lowest BCUT2D eigenvalue weighted by Crippen LogP contribution is -2.35. The third-order valence-corrected chi connectivity index (χ3v) is 4.45. The molecule has 2 heterocycles. The number of carbonyl (C=O) groups is 1. The van der Waals surface area contributed by atoms with Crippen LogP contribution in [-0.2, 0) is 9.53 Å². The van der Waals surface area contributed by atoms with E-state index in [4.69, 9.17) is 4.74 Å². The molecule has 20 heavy (non-hydrogen) atoms. The van der Waals surface area contributed by atoms with Crippen LogP contribution in [0.25, 0.3) is 10.2 Å². The van der Waals surface area contributed by atoms with Crippen molar-refractivity contribution in [1.29, 1.82) is 0 Å². The lowest BCUT2D eigenvalue weighted by Gasteiger charge is -2.08. The number of thiazole rings is 1. The number of anilines is 1. The normalized spacial score (nSPS) is 22.3. The fourth-order valence-corrected chi connectivity index (χ4v) is 3.33. The Morgan fingerprint density at radius 1 is 1.55 bits per heavy atom. The first-order valence-corrected chi connectivity index (χ1v) is 7.41. The molecule has 1 saturated heterocycles. The molecule has 2 unspecified atom stereocenters. The molecule has 1 amide bonds. The standard InChI is InChI=1S/C14H17N3O2S/c1-8-3-4-10-12(5-8)20-14(16-10)17-13(18)11-6-9(19-2)7-15-11/h3-5,9,11,15H,6-7H2,1-2H3,(H,16,17,18). The number of aromatic nitrogens is 1. The highest BCUT2D eigenvalue weighted by Crippen LogP contribution is 2.27. The summed E-state index contributed by atoms with van der Waals surface area (Å²) >= 11 is 1.50. The van der Waals surface area contributed by atoms with Crippen molar-refractivity contribution < 1.29 is 9.53 Å². The number of hydrogen-bond acceptors (Lipinski definition) is 5. The van der Waals surface area contributed by atoms with Crippen molar-refractivity contribution in [1.82, 2.24) is 10.3 Å². The van der Waals surface area contributed by atoms with Crippen LogP contribution in [0, 0.1) is 6.92 Å². The van der Waals surface area contributed by atoms with Gasteiger partial charge in [0.05, 0.1) is 22.4 Å². The number of aryl methyl sites for hydroxylation is 1. The zero-order chi connectivity index (χ0) is 14.1. The highest BCUT2D eigenvalue weighted by molar-refractivity contribution is 7.22. The summed E-state index contributed by atoms with van der Waals surface area (Å²) in [4.78, 5) is 16.6. The molecule has 6 heteroatoms. The number of amides is 1. The summed E-state index contributed by atoms with van der Waals surface area (Å²) in [6.07, 6.45) is 0.815. The molecule has 0 aliphatic carbocycles. The molecular weight excluding hydrogens is 274 g/mol. The number of ether oxygens (including phenoxy) is 1. The summed E-state index contributed by atoms with van der Waals surface area (Å²) in [5.74, 6) is -0.0414. The van der Waals surface area contributed by atoms with E-state index < -0.39 is 0 Å². The van der Waals surface area contributed by atoms with Crippen LogP contribution in [0.3, 0.4) is 0 Å². The predicted octanol–water partition coefficient (Wildman–Crippen LogP) is 1.92. The van der Waals surface area contributed by atoms with Gasteiger partial charge >= 0.3 is 0 Å². The molecule has 2 N–H and O–H groups in total. The molecule has 0 spiro atoms. The quantitative estimate of drug-likeness (QED) is 0.907. The van der Waals surface area contributed by atoms with Gasteiger partial charge in [0, 0.05) is 13.7 Å². The number of nitrogens with zero attached hydrogens (tertiary/aromatic N) is 1. The number of methoxy groups -OCH3 is 1. The summed E-state index contributed by atoms with van der Waals surface area (Å²) in [5, 5.41) is 6.70. The fourth-order valence-electron chi connectivity index (χ4n) is 2.36. The first-order valence-electron chi connectivity index (χ1n) is 6.60. The first-order chi connectivity index (χ1) is 9.65. The number of fused-ring (bicyclic) bond motifs is 1. The fraction of sp³-hybridized carbons (Fsp3) is 0.429. The Morgan fingerprint density at radius 3 is 3.15 bits per heavy atom. The molecule has 2 atom stereocenters. The molecular formula is C14H17N3O2S. The summed E-state index contributed by atoms with van der Waals surface area (Å²) in [7, 11) is 1.67. The molecule has 2 aromatic rings. The Morgan fingerprint density at radius 2 is 2.40 bits per heavy atom. The molecule has 1 aromatic heterocycles. The minimum Gasteiger partial charge on any atom is -0.380 e. The smallest absolute Gasteiger partial charge is 0.243 e. The van der Waals surface area contributed by atoms with Crippen molar-refractivity contribution in [3.8, 4) is 0 Å². The van der Waals surface area contributed by atoms with E-state index in [9.17, 15) is 4.79 Å². The second kappa shape index (κ2) is 5.47. The highest BCUT2D eigenvalue weighted by Gasteiger charge is 2.29. The van der Waals surface area contributed by atoms with E-state index in [2.05, 4.69) is 21.7 Å². The van der Waals surface area contributed by atoms with Crippen molar-refractivity contribution in [3.63, 3.8) is 0 Å². The molecule has 3 rings (SSSR count). The van der Waals surface area contributed by atoms with Gasteiger partial charge in [-0.3, -0.25) is 4.79 Å². The lowest BCUT2D eigenvalue weighted by atomic mass is 10.2. The van der Waals surface area contributed by atoms with E-state index in [1.165, 1.54) is 16.9 Å². The van der Waals surface area contributed by atoms with Gasteiger partial charge in [-0.05, 0) is 31.0 Å². The number of rotatable bonds is 3. The molecule has 1 aliphatic rings. The van der Waals surface area contributed by atoms with Gasteiger partial charge in [0.15, 0.2) is 5.13 Å². The Labute approximate surface area is 121 Å². The number of benzene rings is 1. The number of nitrogens with one attached hydrogen (secondary N) is 2. The van der Waals surface area contributed by atoms with E-state index in [-0.39, 0.29) is 18.1 Å². The van der Waals surface area contributed by atoms with E-state index in [0.717, 1.165) is 10.2 Å². The molecule has 0 radical (unpaired) electrons. The van der Waals surface area contributed by atoms with Crippen LogP contribution in [0.15, 0.2) is 18.2 Å². The van der Waals surface area contributed by atoms with Gasteiger partial charge in [-0.25, -0.2) is 4.98 Å². The third kappa shape index (κ3) is 2.67. The summed E-state index contributed by atoms with van der Waals surface area (Å²) < 4.78 is 6.34. The van der Waals surface area contributed by atoms with Gasteiger partial charge < -0.3 is 15.4 Å². The lowest BCUT2D eigenvalue weighted by molar-refractivity contribution is -0.118. The summed E-state index contributed by atoms with van der Waals surface area (Å²) in [6.45, 7) is 2.76. The van der Waals surface area contributed by atoms with Gasteiger partial charge in [-0.1, -0.05) is 17.4 Å². The minimum atomic E-state index is -0.200. The van der Waals surface area contributed by atoms with Crippen LogP contribution in [0.5, 0.6) is 0 Å².